The molecule has 3 aromatic rings. The summed E-state index contributed by atoms with van der Waals surface area (Å²) in [7, 11) is -3.94. The van der Waals surface area contributed by atoms with Crippen LogP contribution in [0.25, 0.3) is 17.2 Å². The molecule has 0 aromatic heterocycles. The smallest absolute Gasteiger partial charge is 0.0791 e. The first-order chi connectivity index (χ1) is 33.5. The minimum atomic E-state index is -1.61. The van der Waals surface area contributed by atoms with Crippen LogP contribution in [0.2, 0.25) is 56.9 Å². The molecule has 4 fully saturated rings. The van der Waals surface area contributed by atoms with E-state index in [2.05, 4.69) is 184 Å². The normalized spacial score (nSPS) is 29.2. The molecule has 10 rings (SSSR count). The zero-order valence-corrected chi connectivity index (χ0v) is 52.3. The van der Waals surface area contributed by atoms with Crippen LogP contribution >= 0.6 is 0 Å². The summed E-state index contributed by atoms with van der Waals surface area (Å²) in [4.78, 5) is 0. The number of benzene rings is 3. The SMILES string of the molecule is CCCC(C)C1=CC([Si](C)(C)C)c2ccccc21.CCCC(C)C1=CC([Si](C)(C)C2C=Cc3ccccc32)c2ccccc21.CCCC(C)C1CC([Si](C)(C)C2CCC3CCCCC32)C2CCCCC12.[Li+].[Li+]. The third-order valence-electron chi connectivity index (χ3n) is 20.9. The molecule has 0 aliphatic heterocycles. The van der Waals surface area contributed by atoms with Crippen molar-refractivity contribution in [1.29, 1.82) is 0 Å². The fourth-order valence-electron chi connectivity index (χ4n) is 17.2. The summed E-state index contributed by atoms with van der Waals surface area (Å²) in [6.45, 7) is 32.8. The Morgan fingerprint density at radius 2 is 0.986 bits per heavy atom. The summed E-state index contributed by atoms with van der Waals surface area (Å²) in [6.07, 6.45) is 35.5. The third-order valence-corrected chi connectivity index (χ3v) is 32.7. The Hall–Kier alpha value is -1.27. The van der Waals surface area contributed by atoms with Crippen LogP contribution in [0.15, 0.2) is 91.0 Å². The van der Waals surface area contributed by atoms with E-state index in [0.29, 0.717) is 28.5 Å². The monoisotopic (exact) mass is 1000 g/mol. The molecule has 0 spiro atoms. The maximum Gasteiger partial charge on any atom is 1.00 e. The zero-order valence-electron chi connectivity index (χ0n) is 49.3. The molecule has 0 N–H and O–H groups in total. The van der Waals surface area contributed by atoms with Gasteiger partial charge in [0.05, 0.1) is 24.2 Å². The molecule has 3 aromatic carbocycles. The number of allylic oxidation sites excluding steroid dienone is 5. The van der Waals surface area contributed by atoms with Gasteiger partial charge in [-0.3, -0.25) is 0 Å². The average Bonchev–Trinajstić information content (AvgIpc) is 4.19. The molecule has 72 heavy (non-hydrogen) atoms. The van der Waals surface area contributed by atoms with Gasteiger partial charge in [0.15, 0.2) is 0 Å². The Labute approximate surface area is 471 Å². The van der Waals surface area contributed by atoms with Gasteiger partial charge < -0.3 is 0 Å². The van der Waals surface area contributed by atoms with Crippen molar-refractivity contribution in [2.75, 3.05) is 0 Å². The van der Waals surface area contributed by atoms with Crippen molar-refractivity contribution in [2.24, 2.45) is 47.3 Å². The maximum atomic E-state index is 2.87. The van der Waals surface area contributed by atoms with Crippen molar-refractivity contribution in [3.05, 3.63) is 124 Å². The van der Waals surface area contributed by atoms with E-state index in [9.17, 15) is 0 Å². The summed E-state index contributed by atoms with van der Waals surface area (Å²) >= 11 is 0. The minimum Gasteiger partial charge on any atom is -0.0791 e. The van der Waals surface area contributed by atoms with Crippen molar-refractivity contribution >= 4 is 41.4 Å². The van der Waals surface area contributed by atoms with E-state index in [1.54, 1.807) is 98.5 Å². The second kappa shape index (κ2) is 25.9. The molecule has 7 aliphatic carbocycles. The zero-order chi connectivity index (χ0) is 50.0. The fourth-order valence-corrected chi connectivity index (χ4v) is 28.2. The van der Waals surface area contributed by atoms with E-state index in [1.165, 1.54) is 66.3 Å². The molecule has 0 amide bonds. The van der Waals surface area contributed by atoms with E-state index in [0.717, 1.165) is 35.5 Å². The number of fused-ring (bicyclic) bond motifs is 5. The van der Waals surface area contributed by atoms with Gasteiger partial charge in [0.1, 0.15) is 0 Å². The number of hydrogen-bond acceptors (Lipinski definition) is 0. The number of hydrogen-bond donors (Lipinski definition) is 0. The molecule has 5 heteroatoms. The quantitative estimate of drug-likeness (QED) is 0.141. The first-order valence-corrected chi connectivity index (χ1v) is 39.8. The predicted octanol–water partition coefficient (Wildman–Crippen LogP) is 15.0. The van der Waals surface area contributed by atoms with E-state index in [1.807, 2.05) is 0 Å². The van der Waals surface area contributed by atoms with Gasteiger partial charge in [-0.1, -0.05) is 268 Å². The van der Waals surface area contributed by atoms with Crippen molar-refractivity contribution in [3.8, 4) is 0 Å². The van der Waals surface area contributed by atoms with Gasteiger partial charge in [0.2, 0.25) is 0 Å². The van der Waals surface area contributed by atoms with Crippen molar-refractivity contribution < 1.29 is 37.7 Å². The summed E-state index contributed by atoms with van der Waals surface area (Å²) in [5.74, 6) is 7.98. The van der Waals surface area contributed by atoms with Gasteiger partial charge in [-0.25, -0.2) is 0 Å². The number of rotatable bonds is 14. The molecule has 0 saturated heterocycles. The van der Waals surface area contributed by atoms with Crippen molar-refractivity contribution in [3.63, 3.8) is 0 Å². The van der Waals surface area contributed by atoms with E-state index in [-0.39, 0.29) is 37.7 Å². The predicted molar refractivity (Wildman–Crippen MR) is 319 cm³/mol. The van der Waals surface area contributed by atoms with Gasteiger partial charge in [-0.15, -0.1) is 0 Å². The van der Waals surface area contributed by atoms with Gasteiger partial charge in [0, 0.05) is 0 Å². The van der Waals surface area contributed by atoms with Gasteiger partial charge in [0.25, 0.3) is 0 Å². The van der Waals surface area contributed by atoms with E-state index >= 15 is 0 Å². The molecule has 0 radical (unpaired) electrons. The van der Waals surface area contributed by atoms with Crippen LogP contribution in [0.3, 0.4) is 0 Å². The van der Waals surface area contributed by atoms with Crippen LogP contribution in [0.5, 0.6) is 0 Å². The third kappa shape index (κ3) is 12.5. The molecule has 0 nitrogen and oxygen atoms in total. The largest absolute Gasteiger partial charge is 1.00 e. The van der Waals surface area contributed by atoms with E-state index in [4.69, 9.17) is 0 Å². The van der Waals surface area contributed by atoms with Crippen LogP contribution in [0, 0.1) is 47.3 Å². The van der Waals surface area contributed by atoms with Gasteiger partial charge in [-0.05, 0) is 145 Å². The molecular formula is C67H102Li2Si3+2. The summed E-state index contributed by atoms with van der Waals surface area (Å²) in [5, 5.41) is 0. The van der Waals surface area contributed by atoms with Crippen LogP contribution in [-0.4, -0.2) is 24.2 Å². The molecule has 4 saturated carbocycles. The Morgan fingerprint density at radius 1 is 0.486 bits per heavy atom. The van der Waals surface area contributed by atoms with Gasteiger partial charge in [-0.2, -0.15) is 0 Å². The van der Waals surface area contributed by atoms with Crippen molar-refractivity contribution in [1.82, 2.24) is 0 Å². The topological polar surface area (TPSA) is 0 Å². The van der Waals surface area contributed by atoms with Gasteiger partial charge >= 0.3 is 37.7 Å². The van der Waals surface area contributed by atoms with E-state index < -0.39 is 24.2 Å². The molecule has 0 heterocycles. The Bertz CT molecular complexity index is 2300. The average molecular weight is 1010 g/mol. The van der Waals surface area contributed by atoms with Crippen LogP contribution in [-0.2, 0) is 0 Å². The summed E-state index contributed by atoms with van der Waals surface area (Å²) in [6, 6.07) is 27.2. The first kappa shape index (κ1) is 60.0. The Kier molecular flexibility index (Phi) is 21.6. The second-order valence-electron chi connectivity index (χ2n) is 27.0. The molecule has 382 valence electrons. The Balaban J connectivity index is 0.000000177. The van der Waals surface area contributed by atoms with Crippen molar-refractivity contribution in [2.45, 2.75) is 224 Å². The Morgan fingerprint density at radius 3 is 1.57 bits per heavy atom. The molecule has 13 atom stereocenters. The molecule has 0 bridgehead atoms. The first-order valence-electron chi connectivity index (χ1n) is 29.9. The second-order valence-corrected chi connectivity index (χ2v) is 42.4. The van der Waals surface area contributed by atoms with Crippen LogP contribution in [0.4, 0.5) is 0 Å². The summed E-state index contributed by atoms with van der Waals surface area (Å²) in [5.41, 5.74) is 16.7. The molecule has 13 unspecified atom stereocenters. The molecular weight excluding hydrogens is 903 g/mol. The molecule has 7 aliphatic rings. The van der Waals surface area contributed by atoms with Crippen LogP contribution in [0.1, 0.15) is 201 Å². The summed E-state index contributed by atoms with van der Waals surface area (Å²) < 4.78 is 0. The van der Waals surface area contributed by atoms with Crippen LogP contribution < -0.4 is 37.7 Å². The maximum absolute atomic E-state index is 2.87. The fraction of sp³-hybridized carbons (Fsp3) is 0.642. The minimum absolute atomic E-state index is 0. The standard InChI is InChI=1S/C25H46Si.C25H30Si.C17H26Si.2Li/c2*1-5-10-18(2)23-17-25(22-14-9-8-13-21(22)23)26(3,4)24-16-15-19-11-6-7-12-20(19)24;1-6-9-13(2)16-12-17(18(3,4)5)15-11-8-7-10-14(15)16;;/h18-25H,5-17H2,1-4H3;6-9,11-18,24-25H,5,10H2,1-4H3;7-8,10-13,17H,6,9H2,1-5H3;;/q;;;2*+1.